The first-order valence-corrected chi connectivity index (χ1v) is 22.4. The Morgan fingerprint density at radius 3 is 2.34 bits per heavy atom. The first-order valence-electron chi connectivity index (χ1n) is 22.4. The maximum absolute atomic E-state index is 13.9. The number of likely N-dealkylation sites (tertiary alicyclic amines) is 2. The molecule has 15 nitrogen and oxygen atoms in total. The van der Waals surface area contributed by atoms with E-state index < -0.39 is 23.6 Å². The number of carbonyl (C=O) groups is 3. The quantitative estimate of drug-likeness (QED) is 0.0646. The van der Waals surface area contributed by atoms with E-state index in [4.69, 9.17) is 14.2 Å². The molecule has 6 N–H and O–H groups in total. The third kappa shape index (κ3) is 11.0. The normalized spacial score (nSPS) is 15.8. The van der Waals surface area contributed by atoms with Crippen molar-refractivity contribution in [2.24, 2.45) is 5.92 Å². The van der Waals surface area contributed by atoms with E-state index in [-0.39, 0.29) is 65.8 Å². The topological polar surface area (TPSA) is 203 Å². The minimum absolute atomic E-state index is 0.0900. The minimum atomic E-state index is -2.12. The molecule has 0 saturated carbocycles. The molecule has 1 unspecified atom stereocenters. The number of rotatable bonds is 18. The number of amides is 2. The van der Waals surface area contributed by atoms with Gasteiger partial charge in [0.05, 0.1) is 31.4 Å². The van der Waals surface area contributed by atoms with Crippen LogP contribution in [0.4, 0.5) is 0 Å². The lowest BCUT2D eigenvalue weighted by Gasteiger charge is -2.39. The molecule has 0 radical (unpaired) electrons. The van der Waals surface area contributed by atoms with Crippen molar-refractivity contribution in [2.45, 2.75) is 43.7 Å². The molecule has 1 aromatic heterocycles. The number of pyridine rings is 1. The van der Waals surface area contributed by atoms with E-state index >= 15 is 0 Å². The van der Waals surface area contributed by atoms with Crippen molar-refractivity contribution in [1.82, 2.24) is 25.4 Å². The van der Waals surface area contributed by atoms with Crippen molar-refractivity contribution in [1.29, 1.82) is 0 Å². The minimum Gasteiger partial charge on any atom is -0.506 e. The molecule has 3 heterocycles. The van der Waals surface area contributed by atoms with Gasteiger partial charge in [0.15, 0.2) is 6.61 Å². The number of fused-ring (bicyclic) bond motifs is 1. The highest BCUT2D eigenvalue weighted by molar-refractivity contribution is 5.95. The van der Waals surface area contributed by atoms with Crippen LogP contribution in [0, 0.1) is 5.92 Å². The smallest absolute Gasteiger partial charge is 0.347 e. The van der Waals surface area contributed by atoms with Gasteiger partial charge < -0.3 is 50.0 Å². The van der Waals surface area contributed by atoms with E-state index in [1.54, 1.807) is 83.8 Å². The monoisotopic (exact) mass is 909 g/mol. The molecule has 6 aromatic rings. The van der Waals surface area contributed by atoms with Crippen LogP contribution in [-0.4, -0.2) is 107 Å². The Bertz CT molecular complexity index is 2740. The lowest BCUT2D eigenvalue weighted by molar-refractivity contribution is -0.164. The van der Waals surface area contributed by atoms with Crippen LogP contribution in [0.2, 0.25) is 0 Å². The number of nitrogens with zero attached hydrogens (tertiary/aromatic N) is 2. The fourth-order valence-corrected chi connectivity index (χ4v) is 8.71. The average Bonchev–Trinajstić information content (AvgIpc) is 3.34. The second kappa shape index (κ2) is 21.1. The van der Waals surface area contributed by atoms with Crippen LogP contribution in [-0.2, 0) is 33.0 Å². The Morgan fingerprint density at radius 1 is 0.866 bits per heavy atom. The molecule has 5 aromatic carbocycles. The van der Waals surface area contributed by atoms with Gasteiger partial charge in [0, 0.05) is 60.9 Å². The number of phenolic OH excluding ortho intramolecular Hbond substituents is 1. The Morgan fingerprint density at radius 2 is 1.60 bits per heavy atom. The van der Waals surface area contributed by atoms with Crippen LogP contribution < -0.4 is 25.7 Å². The van der Waals surface area contributed by atoms with Gasteiger partial charge in [-0.15, -0.1) is 0 Å². The van der Waals surface area contributed by atoms with Crippen LogP contribution in [0.25, 0.3) is 10.9 Å². The predicted octanol–water partition coefficient (Wildman–Crippen LogP) is 4.78. The van der Waals surface area contributed by atoms with E-state index in [1.807, 2.05) is 18.2 Å². The summed E-state index contributed by atoms with van der Waals surface area (Å²) >= 11 is 0. The highest BCUT2D eigenvalue weighted by Crippen LogP contribution is 2.34. The Hall–Kier alpha value is -7.04. The van der Waals surface area contributed by atoms with Crippen molar-refractivity contribution >= 4 is 28.7 Å². The van der Waals surface area contributed by atoms with Gasteiger partial charge in [-0.1, -0.05) is 84.9 Å². The maximum Gasteiger partial charge on any atom is 0.347 e. The summed E-state index contributed by atoms with van der Waals surface area (Å²) in [7, 11) is 1.51. The zero-order valence-corrected chi connectivity index (χ0v) is 37.2. The van der Waals surface area contributed by atoms with Gasteiger partial charge in [0.25, 0.3) is 11.8 Å². The largest absolute Gasteiger partial charge is 0.506 e. The molecular formula is C52H55N5O10. The van der Waals surface area contributed by atoms with Crippen molar-refractivity contribution in [2.75, 3.05) is 53.0 Å². The molecule has 0 spiro atoms. The number of ether oxygens (including phenoxy) is 3. The van der Waals surface area contributed by atoms with Gasteiger partial charge >= 0.3 is 5.97 Å². The standard InChI is InChI=1S/C52H55N5O10/c1-65-46-25-36(15-16-37(46)27-53-28-45(59)42-17-19-44(58)49-43(42)18-20-47(60)55-49)50(62)57-30-40(31-57)54-48(61)33-66-41-14-8-13-39(26-41)52(64,38-11-6-3-7-12-38)51(63)67-32-35-21-23-56(24-22-35)29-34-9-4-2-5-10-34/h2-20,25-26,35,40,45,53,58-59,64H,21-24,27-33H2,1H3,(H,54,61)(H,55,60)/t45-,52?/m0/s1. The second-order valence-electron chi connectivity index (χ2n) is 17.1. The Balaban J connectivity index is 0.800. The van der Waals surface area contributed by atoms with E-state index in [0.717, 1.165) is 38.0 Å². The van der Waals surface area contributed by atoms with Crippen molar-refractivity contribution in [3.63, 3.8) is 0 Å². The molecule has 8 rings (SSSR count). The summed E-state index contributed by atoms with van der Waals surface area (Å²) in [6, 6.07) is 36.2. The van der Waals surface area contributed by atoms with Crippen LogP contribution in [0.3, 0.4) is 0 Å². The third-order valence-corrected chi connectivity index (χ3v) is 12.5. The van der Waals surface area contributed by atoms with E-state index in [0.29, 0.717) is 47.5 Å². The number of carbonyl (C=O) groups excluding carboxylic acids is 3. The molecule has 67 heavy (non-hydrogen) atoms. The molecule has 2 atom stereocenters. The molecule has 348 valence electrons. The maximum atomic E-state index is 13.9. The van der Waals surface area contributed by atoms with Crippen molar-refractivity contribution < 1.29 is 43.9 Å². The number of benzene rings is 5. The lowest BCUT2D eigenvalue weighted by atomic mass is 9.86. The molecule has 2 fully saturated rings. The SMILES string of the molecule is COc1cc(C(=O)N2CC(NC(=O)COc3cccc(C(O)(C(=O)OCC4CCN(Cc5ccccc5)CC4)c4ccccc4)c3)C2)ccc1CNC[C@H](O)c1ccc(O)c2[nH]c(=O)ccc12. The number of nitrogens with one attached hydrogen (secondary N) is 3. The Kier molecular flexibility index (Phi) is 14.6. The summed E-state index contributed by atoms with van der Waals surface area (Å²) in [5.41, 5.74) is 1.33. The van der Waals surface area contributed by atoms with E-state index in [1.165, 1.54) is 30.9 Å². The van der Waals surface area contributed by atoms with Crippen LogP contribution in [0.1, 0.15) is 57.1 Å². The lowest BCUT2D eigenvalue weighted by Crippen LogP contribution is -2.61. The van der Waals surface area contributed by atoms with Gasteiger partial charge in [0.2, 0.25) is 11.2 Å². The third-order valence-electron chi connectivity index (χ3n) is 12.5. The van der Waals surface area contributed by atoms with Gasteiger partial charge in [-0.2, -0.15) is 0 Å². The molecule has 2 aliphatic rings. The number of aliphatic hydroxyl groups is 2. The zero-order valence-electron chi connectivity index (χ0n) is 37.2. The number of aromatic hydroxyl groups is 1. The first-order chi connectivity index (χ1) is 32.5. The average molecular weight is 910 g/mol. The molecule has 15 heteroatoms. The number of hydrogen-bond donors (Lipinski definition) is 6. The number of hydrogen-bond acceptors (Lipinski definition) is 12. The van der Waals surface area contributed by atoms with Crippen LogP contribution >= 0.6 is 0 Å². The number of piperidine rings is 1. The fourth-order valence-electron chi connectivity index (χ4n) is 8.71. The highest BCUT2D eigenvalue weighted by atomic mass is 16.6. The van der Waals surface area contributed by atoms with E-state index in [9.17, 15) is 34.5 Å². The van der Waals surface area contributed by atoms with Crippen molar-refractivity contribution in [3.05, 3.63) is 171 Å². The summed E-state index contributed by atoms with van der Waals surface area (Å²) in [6.45, 7) is 3.58. The second-order valence-corrected chi connectivity index (χ2v) is 17.1. The number of aromatic nitrogens is 1. The molecule has 2 amide bonds. The van der Waals surface area contributed by atoms with Gasteiger partial charge in [0.1, 0.15) is 17.2 Å². The first kappa shape index (κ1) is 46.5. The summed E-state index contributed by atoms with van der Waals surface area (Å²) in [5, 5.41) is 39.9. The zero-order chi connectivity index (χ0) is 46.9. The number of aliphatic hydroxyl groups excluding tert-OH is 1. The van der Waals surface area contributed by atoms with Crippen LogP contribution in [0.15, 0.2) is 132 Å². The molecule has 0 aliphatic carbocycles. The van der Waals surface area contributed by atoms with Gasteiger partial charge in [-0.05, 0) is 84.9 Å². The Labute approximate surface area is 387 Å². The number of phenols is 1. The summed E-state index contributed by atoms with van der Waals surface area (Å²) in [5.74, 6) is -0.569. The predicted molar refractivity (Wildman–Crippen MR) is 251 cm³/mol. The number of aromatic amines is 1. The fraction of sp³-hybridized carbons (Fsp3) is 0.308. The summed E-state index contributed by atoms with van der Waals surface area (Å²) in [6.07, 6.45) is 0.798. The van der Waals surface area contributed by atoms with Gasteiger partial charge in [-0.25, -0.2) is 4.79 Å². The van der Waals surface area contributed by atoms with Crippen LogP contribution in [0.5, 0.6) is 17.2 Å². The molecular weight excluding hydrogens is 855 g/mol. The molecule has 2 saturated heterocycles. The van der Waals surface area contributed by atoms with E-state index in [2.05, 4.69) is 32.7 Å². The molecule has 2 aliphatic heterocycles. The summed E-state index contributed by atoms with van der Waals surface area (Å²) < 4.78 is 17.3. The number of methoxy groups -OCH3 is 1. The highest BCUT2D eigenvalue weighted by Gasteiger charge is 2.42. The number of H-pyrrole nitrogens is 1. The van der Waals surface area contributed by atoms with Crippen molar-refractivity contribution in [3.8, 4) is 17.2 Å². The summed E-state index contributed by atoms with van der Waals surface area (Å²) in [4.78, 5) is 58.7. The molecule has 0 bridgehead atoms. The van der Waals surface area contributed by atoms with Gasteiger partial charge in [-0.3, -0.25) is 19.3 Å². The number of esters is 1.